The van der Waals surface area contributed by atoms with Crippen molar-refractivity contribution < 1.29 is 15.0 Å². The normalized spacial score (nSPS) is 18.1. The Kier molecular flexibility index (Phi) is 5.86. The van der Waals surface area contributed by atoms with Gasteiger partial charge in [-0.1, -0.05) is 13.8 Å². The van der Waals surface area contributed by atoms with Gasteiger partial charge < -0.3 is 15.0 Å². The van der Waals surface area contributed by atoms with Gasteiger partial charge in [0.2, 0.25) is 0 Å². The molecule has 0 spiro atoms. The van der Waals surface area contributed by atoms with Gasteiger partial charge in [0, 0.05) is 11.1 Å². The molecule has 0 bridgehead atoms. The Hall–Kier alpha value is -1.06. The van der Waals surface area contributed by atoms with Gasteiger partial charge in [-0.05, 0) is 38.0 Å². The van der Waals surface area contributed by atoms with Gasteiger partial charge in [0.1, 0.15) is 18.8 Å². The first-order valence-corrected chi connectivity index (χ1v) is 8.21. The Labute approximate surface area is 123 Å². The van der Waals surface area contributed by atoms with Gasteiger partial charge in [0.15, 0.2) is 6.04 Å². The lowest BCUT2D eigenvalue weighted by molar-refractivity contribution is -0.948. The van der Waals surface area contributed by atoms with Crippen LogP contribution in [0.1, 0.15) is 50.8 Å². The highest BCUT2D eigenvalue weighted by Crippen LogP contribution is 2.23. The second kappa shape index (κ2) is 7.65. The molecular weight excluding hydrogens is 248 g/mol. The van der Waals surface area contributed by atoms with Crippen LogP contribution in [0.2, 0.25) is 0 Å². The van der Waals surface area contributed by atoms with Crippen LogP contribution >= 0.6 is 0 Å². The average molecular weight is 278 g/mol. The maximum atomic E-state index is 5.64. The van der Waals surface area contributed by atoms with Crippen molar-refractivity contribution in [3.05, 3.63) is 29.3 Å². The highest BCUT2D eigenvalue weighted by atomic mass is 16.5. The van der Waals surface area contributed by atoms with E-state index < -0.39 is 0 Å². The van der Waals surface area contributed by atoms with E-state index in [1.165, 1.54) is 38.0 Å². The smallest absolute Gasteiger partial charge is 0.163 e. The number of benzene rings is 1. The minimum atomic E-state index is 0.648. The Morgan fingerprint density at radius 3 is 2.60 bits per heavy atom. The topological polar surface area (TPSA) is 30.3 Å². The third kappa shape index (κ3) is 3.53. The summed E-state index contributed by atoms with van der Waals surface area (Å²) >= 11 is 0. The van der Waals surface area contributed by atoms with Gasteiger partial charge in [-0.2, -0.15) is 0 Å². The average Bonchev–Trinajstić information content (AvgIpc) is 2.46. The van der Waals surface area contributed by atoms with Crippen molar-refractivity contribution in [2.45, 2.75) is 46.2 Å². The Morgan fingerprint density at radius 1 is 1.20 bits per heavy atom. The van der Waals surface area contributed by atoms with Crippen molar-refractivity contribution in [1.29, 1.82) is 0 Å². The molecule has 1 atom stereocenters. The maximum Gasteiger partial charge on any atom is 0.163 e. The van der Waals surface area contributed by atoms with Crippen LogP contribution in [0.25, 0.3) is 0 Å². The molecule has 1 aliphatic rings. The second-order valence-electron chi connectivity index (χ2n) is 5.73. The highest BCUT2D eigenvalue weighted by molar-refractivity contribution is 5.37. The molecule has 20 heavy (non-hydrogen) atoms. The number of ether oxygens (including phenoxy) is 1. The number of nitrogens with one attached hydrogen (secondary N) is 1. The standard InChI is InChI=1S/C17H28N2O/c1-4-9-19(10-5-2)17-13-18-12-14-11-15(20-6-3)7-8-16(14)17/h7-8,11,17-18H,4-6,9-10,12-13H2,1-3H3/p+2/t17-/m0/s1. The molecule has 112 valence electrons. The van der Waals surface area contributed by atoms with E-state index in [9.17, 15) is 0 Å². The van der Waals surface area contributed by atoms with Crippen LogP contribution in [-0.4, -0.2) is 26.2 Å². The van der Waals surface area contributed by atoms with Gasteiger partial charge in [-0.25, -0.2) is 0 Å². The van der Waals surface area contributed by atoms with Crippen LogP contribution in [0.15, 0.2) is 18.2 Å². The summed E-state index contributed by atoms with van der Waals surface area (Å²) in [6.07, 6.45) is 2.52. The maximum absolute atomic E-state index is 5.64. The number of fused-ring (bicyclic) bond motifs is 1. The van der Waals surface area contributed by atoms with E-state index >= 15 is 0 Å². The first kappa shape index (κ1) is 15.3. The molecule has 0 unspecified atom stereocenters. The summed E-state index contributed by atoms with van der Waals surface area (Å²) in [5, 5.41) is 2.45. The Morgan fingerprint density at radius 2 is 1.95 bits per heavy atom. The lowest BCUT2D eigenvalue weighted by Crippen LogP contribution is -3.15. The van der Waals surface area contributed by atoms with Gasteiger partial charge in [0.25, 0.3) is 0 Å². The second-order valence-corrected chi connectivity index (χ2v) is 5.73. The molecule has 0 amide bonds. The number of hydrogen-bond donors (Lipinski definition) is 2. The van der Waals surface area contributed by atoms with E-state index in [0.29, 0.717) is 6.04 Å². The summed E-state index contributed by atoms with van der Waals surface area (Å²) < 4.78 is 5.64. The van der Waals surface area contributed by atoms with E-state index in [-0.39, 0.29) is 0 Å². The quantitative estimate of drug-likeness (QED) is 0.763. The fourth-order valence-electron chi connectivity index (χ4n) is 3.39. The third-order valence-electron chi connectivity index (χ3n) is 4.20. The zero-order chi connectivity index (χ0) is 14.4. The number of hydrogen-bond acceptors (Lipinski definition) is 1. The molecule has 3 heteroatoms. The van der Waals surface area contributed by atoms with Gasteiger partial charge in [0.05, 0.1) is 19.7 Å². The van der Waals surface area contributed by atoms with E-state index in [4.69, 9.17) is 4.74 Å². The molecule has 1 aliphatic heterocycles. The molecule has 1 heterocycles. The summed E-state index contributed by atoms with van der Waals surface area (Å²) in [6.45, 7) is 12.2. The molecule has 0 aromatic heterocycles. The van der Waals surface area contributed by atoms with Crippen LogP contribution in [0.5, 0.6) is 5.75 Å². The van der Waals surface area contributed by atoms with E-state index in [1.54, 1.807) is 10.5 Å². The fourth-order valence-corrected chi connectivity index (χ4v) is 3.39. The summed E-state index contributed by atoms with van der Waals surface area (Å²) in [6, 6.07) is 7.35. The molecule has 2 rings (SSSR count). The molecule has 1 aromatic carbocycles. The van der Waals surface area contributed by atoms with Crippen molar-refractivity contribution in [2.75, 3.05) is 26.2 Å². The van der Waals surface area contributed by atoms with Crippen LogP contribution < -0.4 is 15.0 Å². The lowest BCUT2D eigenvalue weighted by Gasteiger charge is -2.31. The van der Waals surface area contributed by atoms with Crippen LogP contribution in [0.3, 0.4) is 0 Å². The van der Waals surface area contributed by atoms with Crippen molar-refractivity contribution in [2.24, 2.45) is 0 Å². The minimum Gasteiger partial charge on any atom is -0.494 e. The fraction of sp³-hybridized carbons (Fsp3) is 0.647. The lowest BCUT2D eigenvalue weighted by atomic mass is 9.95. The van der Waals surface area contributed by atoms with Gasteiger partial charge in [-0.3, -0.25) is 0 Å². The highest BCUT2D eigenvalue weighted by Gasteiger charge is 2.30. The largest absolute Gasteiger partial charge is 0.494 e. The molecule has 1 aromatic rings. The first-order chi connectivity index (χ1) is 9.80. The predicted octanol–water partition coefficient (Wildman–Crippen LogP) is 0.908. The molecule has 0 saturated carbocycles. The molecule has 0 aliphatic carbocycles. The van der Waals surface area contributed by atoms with Crippen molar-refractivity contribution in [3.63, 3.8) is 0 Å². The summed E-state index contributed by atoms with van der Waals surface area (Å²) in [5.74, 6) is 1.02. The Bertz CT molecular complexity index is 413. The van der Waals surface area contributed by atoms with Crippen LogP contribution in [0.4, 0.5) is 0 Å². The third-order valence-corrected chi connectivity index (χ3v) is 4.20. The molecule has 0 saturated heterocycles. The molecule has 0 fully saturated rings. The number of nitrogens with two attached hydrogens (primary N) is 1. The number of rotatable bonds is 7. The SMILES string of the molecule is CCC[NH+](CCC)[C@H]1C[NH2+]Cc2cc(OCC)ccc21. The monoisotopic (exact) mass is 278 g/mol. The summed E-state index contributed by atoms with van der Waals surface area (Å²) in [7, 11) is 0. The first-order valence-electron chi connectivity index (χ1n) is 8.21. The zero-order valence-electron chi connectivity index (χ0n) is 13.2. The van der Waals surface area contributed by atoms with Crippen molar-refractivity contribution in [1.82, 2.24) is 0 Å². The molecule has 3 nitrogen and oxygen atoms in total. The predicted molar refractivity (Wildman–Crippen MR) is 82.1 cm³/mol. The summed E-state index contributed by atoms with van der Waals surface area (Å²) in [4.78, 5) is 1.75. The molecular formula is C17H30N2O+2. The van der Waals surface area contributed by atoms with Gasteiger partial charge in [-0.15, -0.1) is 0 Å². The zero-order valence-corrected chi connectivity index (χ0v) is 13.2. The summed E-state index contributed by atoms with van der Waals surface area (Å²) in [5.41, 5.74) is 3.02. The molecule has 3 N–H and O–H groups in total. The van der Waals surface area contributed by atoms with Crippen molar-refractivity contribution in [3.8, 4) is 5.75 Å². The molecule has 0 radical (unpaired) electrons. The van der Waals surface area contributed by atoms with Gasteiger partial charge >= 0.3 is 0 Å². The Balaban J connectivity index is 2.22. The van der Waals surface area contributed by atoms with E-state index in [2.05, 4.69) is 37.4 Å². The van der Waals surface area contributed by atoms with E-state index in [0.717, 1.165) is 18.9 Å². The van der Waals surface area contributed by atoms with E-state index in [1.807, 2.05) is 6.92 Å². The van der Waals surface area contributed by atoms with Crippen molar-refractivity contribution >= 4 is 0 Å². The number of quaternary nitrogens is 2. The van der Waals surface area contributed by atoms with Crippen LogP contribution in [-0.2, 0) is 6.54 Å². The van der Waals surface area contributed by atoms with Crippen LogP contribution in [0, 0.1) is 0 Å². The minimum absolute atomic E-state index is 0.648.